The van der Waals surface area contributed by atoms with Crippen molar-refractivity contribution in [1.29, 1.82) is 0 Å². The second kappa shape index (κ2) is 13.6. The van der Waals surface area contributed by atoms with Crippen LogP contribution >= 0.6 is 47.3 Å². The summed E-state index contributed by atoms with van der Waals surface area (Å²) in [6, 6.07) is 8.20. The third-order valence-corrected chi connectivity index (χ3v) is 5.89. The molecule has 0 saturated carbocycles. The van der Waals surface area contributed by atoms with Gasteiger partial charge >= 0.3 is 0 Å². The monoisotopic (exact) mass is 553 g/mol. The first-order valence-corrected chi connectivity index (χ1v) is 11.3. The third kappa shape index (κ3) is 8.90. The van der Waals surface area contributed by atoms with E-state index < -0.39 is 0 Å². The Bertz CT molecular complexity index is 668. The van der Waals surface area contributed by atoms with Crippen LogP contribution in [0.1, 0.15) is 24.7 Å². The molecule has 6 nitrogen and oxygen atoms in total. The maximum atomic E-state index is 11.9. The average Bonchev–Trinajstić information content (AvgIpc) is 2.65. The molecule has 1 aliphatic rings. The van der Waals surface area contributed by atoms with Crippen LogP contribution in [0.25, 0.3) is 0 Å². The van der Waals surface area contributed by atoms with E-state index in [4.69, 9.17) is 11.6 Å². The maximum Gasteiger partial charge on any atom is 0.234 e. The van der Waals surface area contributed by atoms with Crippen LogP contribution in [-0.4, -0.2) is 80.3 Å². The molecule has 2 rings (SSSR count). The van der Waals surface area contributed by atoms with Gasteiger partial charge in [-0.3, -0.25) is 14.7 Å². The smallest absolute Gasteiger partial charge is 0.234 e. The van der Waals surface area contributed by atoms with Crippen molar-refractivity contribution in [3.8, 4) is 0 Å². The number of carbonyl (C=O) groups excluding carboxylic acids is 1. The normalized spacial score (nSPS) is 16.3. The molecule has 1 atom stereocenters. The Morgan fingerprint density at radius 3 is 2.52 bits per heavy atom. The molecule has 9 heteroatoms. The van der Waals surface area contributed by atoms with Crippen molar-refractivity contribution >= 4 is 59.2 Å². The lowest BCUT2D eigenvalue weighted by Crippen LogP contribution is -2.54. The molecule has 1 unspecified atom stereocenters. The fourth-order valence-corrected chi connectivity index (χ4v) is 4.12. The summed E-state index contributed by atoms with van der Waals surface area (Å²) in [7, 11) is 1.82. The molecule has 1 saturated heterocycles. The van der Waals surface area contributed by atoms with Crippen LogP contribution < -0.4 is 10.6 Å². The number of hydrogen-bond donors (Lipinski definition) is 2. The Kier molecular flexibility index (Phi) is 12.3. The first kappa shape index (κ1) is 26.3. The van der Waals surface area contributed by atoms with Crippen molar-refractivity contribution < 1.29 is 4.79 Å². The molecule has 1 amide bonds. The van der Waals surface area contributed by atoms with Crippen molar-refractivity contribution in [3.63, 3.8) is 0 Å². The van der Waals surface area contributed by atoms with Crippen molar-refractivity contribution in [1.82, 2.24) is 20.4 Å². The standard InChI is InChI=1S/C20H32ClN5OS.HI/c1-15(2)24-19(27)14-25-8-10-26(11-9-25)20(22-3)23-13-18(28-4)16-6-5-7-17(21)12-16;/h5-7,12,15,18H,8-11,13-14H2,1-4H3,(H,22,23)(H,24,27);1H. The topological polar surface area (TPSA) is 60.0 Å². The fourth-order valence-electron chi connectivity index (χ4n) is 3.25. The molecule has 0 bridgehead atoms. The summed E-state index contributed by atoms with van der Waals surface area (Å²) in [5.74, 6) is 1.00. The molecule has 0 radical (unpaired) electrons. The van der Waals surface area contributed by atoms with Gasteiger partial charge in [0.15, 0.2) is 5.96 Å². The third-order valence-electron chi connectivity index (χ3n) is 4.65. The van der Waals surface area contributed by atoms with Gasteiger partial charge in [0.2, 0.25) is 5.91 Å². The summed E-state index contributed by atoms with van der Waals surface area (Å²) >= 11 is 7.94. The Morgan fingerprint density at radius 2 is 1.97 bits per heavy atom. The van der Waals surface area contributed by atoms with Crippen molar-refractivity contribution in [2.45, 2.75) is 25.1 Å². The highest BCUT2D eigenvalue weighted by atomic mass is 127. The molecule has 0 aromatic heterocycles. The zero-order valence-electron chi connectivity index (χ0n) is 17.7. The second-order valence-electron chi connectivity index (χ2n) is 7.19. The number of thioether (sulfide) groups is 1. The number of carbonyl (C=O) groups is 1. The summed E-state index contributed by atoms with van der Waals surface area (Å²) in [6.45, 7) is 8.63. The minimum absolute atomic E-state index is 0. The second-order valence-corrected chi connectivity index (χ2v) is 8.67. The van der Waals surface area contributed by atoms with E-state index in [1.165, 1.54) is 5.56 Å². The van der Waals surface area contributed by atoms with Crippen LogP contribution in [0.3, 0.4) is 0 Å². The Morgan fingerprint density at radius 1 is 1.28 bits per heavy atom. The van der Waals surface area contributed by atoms with E-state index in [1.54, 1.807) is 11.8 Å². The average molecular weight is 554 g/mol. The van der Waals surface area contributed by atoms with Crippen LogP contribution in [0.2, 0.25) is 5.02 Å². The molecule has 2 N–H and O–H groups in total. The first-order valence-electron chi connectivity index (χ1n) is 9.68. The zero-order chi connectivity index (χ0) is 20.5. The molecular formula is C20H33ClIN5OS. The largest absolute Gasteiger partial charge is 0.355 e. The van der Waals surface area contributed by atoms with Crippen LogP contribution in [0.15, 0.2) is 29.3 Å². The number of rotatable bonds is 7. The van der Waals surface area contributed by atoms with Crippen LogP contribution in [-0.2, 0) is 4.79 Å². The molecular weight excluding hydrogens is 521 g/mol. The Labute approximate surface area is 201 Å². The molecule has 164 valence electrons. The lowest BCUT2D eigenvalue weighted by molar-refractivity contribution is -0.123. The van der Waals surface area contributed by atoms with Gasteiger partial charge in [0.05, 0.1) is 6.54 Å². The quantitative estimate of drug-likeness (QED) is 0.309. The van der Waals surface area contributed by atoms with E-state index in [2.05, 4.69) is 37.7 Å². The number of piperazine rings is 1. The van der Waals surface area contributed by atoms with Gasteiger partial charge in [-0.15, -0.1) is 24.0 Å². The number of nitrogens with one attached hydrogen (secondary N) is 2. The molecule has 1 aromatic carbocycles. The summed E-state index contributed by atoms with van der Waals surface area (Å²) in [6.07, 6.45) is 2.11. The van der Waals surface area contributed by atoms with Gasteiger partial charge in [-0.25, -0.2) is 0 Å². The highest BCUT2D eigenvalue weighted by Crippen LogP contribution is 2.27. The molecule has 1 heterocycles. The molecule has 0 aliphatic carbocycles. The highest BCUT2D eigenvalue weighted by Gasteiger charge is 2.22. The number of aliphatic imine (C=N–C) groups is 1. The summed E-state index contributed by atoms with van der Waals surface area (Å²) in [5.41, 5.74) is 1.21. The highest BCUT2D eigenvalue weighted by molar-refractivity contribution is 14.0. The van der Waals surface area contributed by atoms with Crippen molar-refractivity contribution in [2.24, 2.45) is 4.99 Å². The van der Waals surface area contributed by atoms with Gasteiger partial charge < -0.3 is 15.5 Å². The number of halogens is 2. The molecule has 29 heavy (non-hydrogen) atoms. The number of amides is 1. The van der Waals surface area contributed by atoms with Crippen molar-refractivity contribution in [3.05, 3.63) is 34.9 Å². The Balaban J connectivity index is 0.00000420. The maximum absolute atomic E-state index is 11.9. The van der Waals surface area contributed by atoms with E-state index in [0.717, 1.165) is 43.7 Å². The van der Waals surface area contributed by atoms with Crippen molar-refractivity contribution in [2.75, 3.05) is 52.6 Å². The van der Waals surface area contributed by atoms with Gasteiger partial charge in [0.25, 0.3) is 0 Å². The predicted octanol–water partition coefficient (Wildman–Crippen LogP) is 3.08. The van der Waals surface area contributed by atoms with Crippen LogP contribution in [0.4, 0.5) is 0 Å². The molecule has 0 spiro atoms. The van der Waals surface area contributed by atoms with Crippen LogP contribution in [0.5, 0.6) is 0 Å². The predicted molar refractivity (Wildman–Crippen MR) is 136 cm³/mol. The minimum Gasteiger partial charge on any atom is -0.355 e. The summed E-state index contributed by atoms with van der Waals surface area (Å²) in [5, 5.41) is 7.52. The summed E-state index contributed by atoms with van der Waals surface area (Å²) < 4.78 is 0. The van der Waals surface area contributed by atoms with E-state index in [1.807, 2.05) is 39.1 Å². The van der Waals surface area contributed by atoms with Gasteiger partial charge in [-0.05, 0) is 37.8 Å². The molecule has 1 fully saturated rings. The first-order chi connectivity index (χ1) is 13.4. The van der Waals surface area contributed by atoms with Gasteiger partial charge in [0.1, 0.15) is 0 Å². The molecule has 1 aromatic rings. The number of guanidine groups is 1. The summed E-state index contributed by atoms with van der Waals surface area (Å²) in [4.78, 5) is 20.8. The van der Waals surface area contributed by atoms with Gasteiger partial charge in [-0.1, -0.05) is 23.7 Å². The minimum atomic E-state index is 0. The van der Waals surface area contributed by atoms with E-state index in [0.29, 0.717) is 11.8 Å². The Hall–Kier alpha value is -0.710. The number of hydrogen-bond acceptors (Lipinski definition) is 4. The fraction of sp³-hybridized carbons (Fsp3) is 0.600. The van der Waals surface area contributed by atoms with Gasteiger partial charge in [-0.2, -0.15) is 11.8 Å². The lowest BCUT2D eigenvalue weighted by atomic mass is 10.1. The lowest BCUT2D eigenvalue weighted by Gasteiger charge is -2.36. The van der Waals surface area contributed by atoms with Gasteiger partial charge in [0, 0.05) is 56.1 Å². The van der Waals surface area contributed by atoms with E-state index in [-0.39, 0.29) is 35.9 Å². The van der Waals surface area contributed by atoms with Crippen LogP contribution in [0, 0.1) is 0 Å². The molecule has 1 aliphatic heterocycles. The zero-order valence-corrected chi connectivity index (χ0v) is 21.6. The SMILES string of the molecule is CN=C(NCC(SC)c1cccc(Cl)c1)N1CCN(CC(=O)NC(C)C)CC1.I. The van der Waals surface area contributed by atoms with E-state index in [9.17, 15) is 4.79 Å². The number of benzene rings is 1. The number of nitrogens with zero attached hydrogens (tertiary/aromatic N) is 3. The van der Waals surface area contributed by atoms with E-state index >= 15 is 0 Å².